The molecule has 4 nitrogen and oxygen atoms in total. The van der Waals surface area contributed by atoms with E-state index in [4.69, 9.17) is 9.47 Å². The van der Waals surface area contributed by atoms with Gasteiger partial charge in [-0.15, -0.1) is 11.3 Å². The molecule has 1 aromatic carbocycles. The van der Waals surface area contributed by atoms with Crippen LogP contribution in [0.2, 0.25) is 0 Å². The molecule has 0 fully saturated rings. The van der Waals surface area contributed by atoms with Gasteiger partial charge >= 0.3 is 0 Å². The van der Waals surface area contributed by atoms with Gasteiger partial charge in [0.2, 0.25) is 0 Å². The smallest absolute Gasteiger partial charge is 0.124 e. The third-order valence-corrected chi connectivity index (χ3v) is 3.88. The van der Waals surface area contributed by atoms with Gasteiger partial charge in [-0.05, 0) is 13.8 Å². The molecule has 2 aromatic rings. The Bertz CT molecular complexity index is 544. The van der Waals surface area contributed by atoms with Crippen molar-refractivity contribution >= 4 is 17.0 Å². The quantitative estimate of drug-likeness (QED) is 0.910. The molecule has 0 saturated carbocycles. The minimum Gasteiger partial charge on any atom is -0.497 e. The van der Waals surface area contributed by atoms with E-state index in [-0.39, 0.29) is 0 Å². The minimum atomic E-state index is 0.758. The third-order valence-electron chi connectivity index (χ3n) is 2.80. The second-order valence-corrected chi connectivity index (χ2v) is 5.48. The molecule has 0 spiro atoms. The highest BCUT2D eigenvalue weighted by atomic mass is 32.1. The van der Waals surface area contributed by atoms with Crippen molar-refractivity contribution in [3.63, 3.8) is 0 Å². The van der Waals surface area contributed by atoms with Crippen molar-refractivity contribution < 1.29 is 9.47 Å². The van der Waals surface area contributed by atoms with Crippen molar-refractivity contribution in [3.05, 3.63) is 33.8 Å². The maximum Gasteiger partial charge on any atom is 0.124 e. The molecule has 0 atom stereocenters. The number of nitrogens with zero attached hydrogens (tertiary/aromatic N) is 1. The highest BCUT2D eigenvalue weighted by molar-refractivity contribution is 7.11. The van der Waals surface area contributed by atoms with E-state index in [2.05, 4.69) is 10.3 Å². The van der Waals surface area contributed by atoms with Gasteiger partial charge in [0.25, 0.3) is 0 Å². The van der Waals surface area contributed by atoms with Crippen LogP contribution in [0.25, 0.3) is 0 Å². The van der Waals surface area contributed by atoms with Gasteiger partial charge in [0.15, 0.2) is 0 Å². The van der Waals surface area contributed by atoms with Gasteiger partial charge in [0.05, 0.1) is 31.5 Å². The fourth-order valence-corrected chi connectivity index (χ4v) is 2.71. The van der Waals surface area contributed by atoms with Crippen LogP contribution in [0.1, 0.15) is 15.6 Å². The maximum absolute atomic E-state index is 5.25. The number of hydrogen-bond donors (Lipinski definition) is 1. The summed E-state index contributed by atoms with van der Waals surface area (Å²) in [5.74, 6) is 1.55. The highest BCUT2D eigenvalue weighted by Gasteiger charge is 2.06. The van der Waals surface area contributed by atoms with E-state index in [0.717, 1.165) is 34.4 Å². The standard InChI is InChI=1S/C14H18N2O2S/c1-9-14(19-10(2)16-9)8-15-11-5-12(17-3)7-13(6-11)18-4/h5-7,15H,8H2,1-4H3. The van der Waals surface area contributed by atoms with E-state index in [9.17, 15) is 0 Å². The molecule has 0 aliphatic carbocycles. The van der Waals surface area contributed by atoms with E-state index in [1.54, 1.807) is 25.6 Å². The molecular formula is C14H18N2O2S. The molecule has 1 aromatic heterocycles. The largest absolute Gasteiger partial charge is 0.497 e. The first-order valence-corrected chi connectivity index (χ1v) is 6.84. The maximum atomic E-state index is 5.25. The fraction of sp³-hybridized carbons (Fsp3) is 0.357. The molecule has 0 radical (unpaired) electrons. The van der Waals surface area contributed by atoms with Crippen LogP contribution < -0.4 is 14.8 Å². The molecule has 0 bridgehead atoms. The number of aryl methyl sites for hydroxylation is 2. The third kappa shape index (κ3) is 3.38. The number of benzene rings is 1. The first kappa shape index (κ1) is 13.7. The number of rotatable bonds is 5. The van der Waals surface area contributed by atoms with Gasteiger partial charge in [-0.2, -0.15) is 0 Å². The Balaban J connectivity index is 2.12. The number of thiazole rings is 1. The van der Waals surface area contributed by atoms with Crippen LogP contribution in [0.4, 0.5) is 5.69 Å². The summed E-state index contributed by atoms with van der Waals surface area (Å²) in [5.41, 5.74) is 2.06. The van der Waals surface area contributed by atoms with Gasteiger partial charge in [-0.1, -0.05) is 0 Å². The molecule has 19 heavy (non-hydrogen) atoms. The predicted octanol–water partition coefficient (Wildman–Crippen LogP) is 3.39. The summed E-state index contributed by atoms with van der Waals surface area (Å²) in [6, 6.07) is 5.75. The second kappa shape index (κ2) is 5.93. The molecule has 2 rings (SSSR count). The highest BCUT2D eigenvalue weighted by Crippen LogP contribution is 2.27. The Morgan fingerprint density at radius 2 is 1.74 bits per heavy atom. The summed E-state index contributed by atoms with van der Waals surface area (Å²) < 4.78 is 10.5. The topological polar surface area (TPSA) is 43.4 Å². The monoisotopic (exact) mass is 278 g/mol. The average molecular weight is 278 g/mol. The molecule has 0 aliphatic heterocycles. The van der Waals surface area contributed by atoms with E-state index < -0.39 is 0 Å². The summed E-state index contributed by atoms with van der Waals surface area (Å²) in [4.78, 5) is 5.67. The number of hydrogen-bond acceptors (Lipinski definition) is 5. The zero-order valence-electron chi connectivity index (χ0n) is 11.6. The predicted molar refractivity (Wildman–Crippen MR) is 78.5 cm³/mol. The van der Waals surface area contributed by atoms with E-state index in [0.29, 0.717) is 0 Å². The van der Waals surface area contributed by atoms with Gasteiger partial charge in [-0.25, -0.2) is 4.98 Å². The van der Waals surface area contributed by atoms with Crippen LogP contribution in [-0.2, 0) is 6.54 Å². The molecular weight excluding hydrogens is 260 g/mol. The number of nitrogens with one attached hydrogen (secondary N) is 1. The van der Waals surface area contributed by atoms with Crippen molar-refractivity contribution in [2.45, 2.75) is 20.4 Å². The summed E-state index contributed by atoms with van der Waals surface area (Å²) in [7, 11) is 3.30. The lowest BCUT2D eigenvalue weighted by atomic mass is 10.2. The number of aromatic nitrogens is 1. The van der Waals surface area contributed by atoms with Crippen LogP contribution in [0, 0.1) is 13.8 Å². The van der Waals surface area contributed by atoms with Crippen LogP contribution >= 0.6 is 11.3 Å². The molecule has 5 heteroatoms. The Labute approximate surface area is 117 Å². The average Bonchev–Trinajstić information content (AvgIpc) is 2.74. The van der Waals surface area contributed by atoms with E-state index >= 15 is 0 Å². The lowest BCUT2D eigenvalue weighted by Gasteiger charge is -2.10. The lowest BCUT2D eigenvalue weighted by Crippen LogP contribution is -2.00. The van der Waals surface area contributed by atoms with Crippen LogP contribution in [0.3, 0.4) is 0 Å². The lowest BCUT2D eigenvalue weighted by molar-refractivity contribution is 0.394. The molecule has 102 valence electrons. The van der Waals surface area contributed by atoms with Gasteiger partial charge in [0.1, 0.15) is 11.5 Å². The van der Waals surface area contributed by atoms with Crippen LogP contribution in [-0.4, -0.2) is 19.2 Å². The molecule has 0 saturated heterocycles. The summed E-state index contributed by atoms with van der Waals surface area (Å²) >= 11 is 1.72. The van der Waals surface area contributed by atoms with Crippen molar-refractivity contribution in [1.82, 2.24) is 4.98 Å². The van der Waals surface area contributed by atoms with Gasteiger partial charge in [-0.3, -0.25) is 0 Å². The first-order chi connectivity index (χ1) is 9.12. The second-order valence-electron chi connectivity index (χ2n) is 4.20. The van der Waals surface area contributed by atoms with E-state index in [1.165, 1.54) is 4.88 Å². The molecule has 0 aliphatic rings. The Morgan fingerprint density at radius 1 is 1.11 bits per heavy atom. The number of ether oxygens (including phenoxy) is 2. The first-order valence-electron chi connectivity index (χ1n) is 6.02. The van der Waals surface area contributed by atoms with Crippen molar-refractivity contribution in [2.24, 2.45) is 0 Å². The molecule has 1 N–H and O–H groups in total. The normalized spacial score (nSPS) is 10.3. The zero-order valence-corrected chi connectivity index (χ0v) is 12.4. The molecule has 0 unspecified atom stereocenters. The van der Waals surface area contributed by atoms with Crippen LogP contribution in [0.5, 0.6) is 11.5 Å². The minimum absolute atomic E-state index is 0.758. The Hall–Kier alpha value is -1.75. The number of methoxy groups -OCH3 is 2. The summed E-state index contributed by atoms with van der Waals surface area (Å²) in [5, 5.41) is 4.47. The Morgan fingerprint density at radius 3 is 2.21 bits per heavy atom. The molecule has 0 amide bonds. The SMILES string of the molecule is COc1cc(NCc2sc(C)nc2C)cc(OC)c1. The summed E-state index contributed by atoms with van der Waals surface area (Å²) in [6.45, 7) is 4.82. The van der Waals surface area contributed by atoms with Crippen molar-refractivity contribution in [3.8, 4) is 11.5 Å². The van der Waals surface area contributed by atoms with Gasteiger partial charge in [0, 0.05) is 28.8 Å². The van der Waals surface area contributed by atoms with Gasteiger partial charge < -0.3 is 14.8 Å². The van der Waals surface area contributed by atoms with E-state index in [1.807, 2.05) is 32.0 Å². The van der Waals surface area contributed by atoms with Crippen molar-refractivity contribution in [1.29, 1.82) is 0 Å². The van der Waals surface area contributed by atoms with Crippen LogP contribution in [0.15, 0.2) is 18.2 Å². The van der Waals surface area contributed by atoms with Crippen molar-refractivity contribution in [2.75, 3.05) is 19.5 Å². The fourth-order valence-electron chi connectivity index (χ4n) is 1.83. The summed E-state index contributed by atoms with van der Waals surface area (Å²) in [6.07, 6.45) is 0. The zero-order chi connectivity index (χ0) is 13.8. The Kier molecular flexibility index (Phi) is 4.27. The number of anilines is 1. The molecule has 1 heterocycles.